The molecule has 4 rings (SSSR count). The highest BCUT2D eigenvalue weighted by molar-refractivity contribution is 7.21. The maximum atomic E-state index is 12.7. The van der Waals surface area contributed by atoms with Crippen LogP contribution in [0, 0.1) is 0 Å². The largest absolute Gasteiger partial charge is 0.493 e. The number of hydrazone groups is 1. The molecule has 0 aliphatic rings. The van der Waals surface area contributed by atoms with Gasteiger partial charge in [0.2, 0.25) is 0 Å². The molecule has 32 heavy (non-hydrogen) atoms. The first-order valence-electron chi connectivity index (χ1n) is 9.52. The Morgan fingerprint density at radius 1 is 1.00 bits per heavy atom. The molecule has 0 bridgehead atoms. The highest BCUT2D eigenvalue weighted by Crippen LogP contribution is 2.36. The normalized spacial score (nSPS) is 10.9. The fourth-order valence-corrected chi connectivity index (χ4v) is 4.34. The van der Waals surface area contributed by atoms with E-state index >= 15 is 0 Å². The number of hydrogen-bond donors (Lipinski definition) is 1. The molecule has 6 nitrogen and oxygen atoms in total. The number of nitrogens with zero attached hydrogens (tertiary/aromatic N) is 1. The molecule has 160 valence electrons. The molecule has 0 fully saturated rings. The van der Waals surface area contributed by atoms with E-state index in [0.29, 0.717) is 26.8 Å². The third-order valence-electron chi connectivity index (χ3n) is 4.53. The van der Waals surface area contributed by atoms with Crippen molar-refractivity contribution < 1.29 is 19.1 Å². The first-order valence-corrected chi connectivity index (χ1v) is 10.7. The number of methoxy groups -OCH3 is 1. The molecule has 0 radical (unpaired) electrons. The molecule has 0 spiro atoms. The van der Waals surface area contributed by atoms with Crippen LogP contribution >= 0.6 is 22.9 Å². The summed E-state index contributed by atoms with van der Waals surface area (Å²) in [5.41, 5.74) is 3.62. The van der Waals surface area contributed by atoms with E-state index in [-0.39, 0.29) is 11.7 Å². The van der Waals surface area contributed by atoms with Crippen LogP contribution in [0.3, 0.4) is 0 Å². The Morgan fingerprint density at radius 2 is 1.75 bits per heavy atom. The highest BCUT2D eigenvalue weighted by atomic mass is 35.5. The van der Waals surface area contributed by atoms with Crippen molar-refractivity contribution in [3.05, 3.63) is 93.8 Å². The van der Waals surface area contributed by atoms with E-state index in [0.717, 1.165) is 10.1 Å². The topological polar surface area (TPSA) is 77.0 Å². The van der Waals surface area contributed by atoms with Gasteiger partial charge in [-0.25, -0.2) is 10.2 Å². The summed E-state index contributed by atoms with van der Waals surface area (Å²) in [7, 11) is 1.47. The monoisotopic (exact) mass is 464 g/mol. The Bertz CT molecular complexity index is 1320. The van der Waals surface area contributed by atoms with Crippen molar-refractivity contribution >= 4 is 51.1 Å². The predicted molar refractivity (Wildman–Crippen MR) is 126 cm³/mol. The first-order chi connectivity index (χ1) is 15.6. The van der Waals surface area contributed by atoms with Crippen LogP contribution < -0.4 is 14.9 Å². The Hall–Kier alpha value is -3.68. The molecule has 1 N–H and O–H groups in total. The van der Waals surface area contributed by atoms with Crippen LogP contribution in [0.15, 0.2) is 77.9 Å². The number of halogens is 1. The van der Waals surface area contributed by atoms with Gasteiger partial charge in [-0.05, 0) is 42.0 Å². The summed E-state index contributed by atoms with van der Waals surface area (Å²) in [6.07, 6.45) is 1.47. The number of nitrogens with one attached hydrogen (secondary N) is 1. The molecule has 1 heterocycles. The lowest BCUT2D eigenvalue weighted by Gasteiger charge is -2.09. The van der Waals surface area contributed by atoms with Crippen LogP contribution in [0.25, 0.3) is 10.1 Å². The lowest BCUT2D eigenvalue weighted by molar-refractivity contribution is 0.0734. The molecule has 0 aliphatic carbocycles. The van der Waals surface area contributed by atoms with Crippen molar-refractivity contribution in [1.29, 1.82) is 0 Å². The number of rotatable bonds is 6. The van der Waals surface area contributed by atoms with Crippen molar-refractivity contribution in [2.45, 2.75) is 0 Å². The minimum Gasteiger partial charge on any atom is -0.493 e. The van der Waals surface area contributed by atoms with E-state index in [1.54, 1.807) is 42.5 Å². The number of hydrogen-bond acceptors (Lipinski definition) is 6. The molecule has 4 aromatic rings. The van der Waals surface area contributed by atoms with Gasteiger partial charge in [-0.2, -0.15) is 5.10 Å². The molecule has 0 saturated heterocycles. The Morgan fingerprint density at radius 3 is 2.50 bits per heavy atom. The van der Waals surface area contributed by atoms with E-state index in [2.05, 4.69) is 10.5 Å². The van der Waals surface area contributed by atoms with E-state index < -0.39 is 5.97 Å². The van der Waals surface area contributed by atoms with Crippen LogP contribution in [0.5, 0.6) is 11.5 Å². The summed E-state index contributed by atoms with van der Waals surface area (Å²) in [6.45, 7) is 0. The van der Waals surface area contributed by atoms with Gasteiger partial charge in [-0.1, -0.05) is 48.0 Å². The zero-order valence-corrected chi connectivity index (χ0v) is 18.4. The van der Waals surface area contributed by atoms with Gasteiger partial charge in [0.25, 0.3) is 5.91 Å². The summed E-state index contributed by atoms with van der Waals surface area (Å²) in [6, 6.07) is 21.2. The Labute approximate surface area is 193 Å². The second kappa shape index (κ2) is 9.64. The second-order valence-corrected chi connectivity index (χ2v) is 8.04. The average Bonchev–Trinajstić information content (AvgIpc) is 3.17. The maximum Gasteiger partial charge on any atom is 0.355 e. The summed E-state index contributed by atoms with van der Waals surface area (Å²) in [5.74, 6) is -0.295. The lowest BCUT2D eigenvalue weighted by Crippen LogP contribution is -2.17. The second-order valence-electron chi connectivity index (χ2n) is 6.61. The van der Waals surface area contributed by atoms with E-state index in [4.69, 9.17) is 21.1 Å². The average molecular weight is 465 g/mol. The SMILES string of the molecule is COc1cc(/C=N\NC(=O)c2ccccc2)ccc1OC(=O)c1sc2ccccc2c1Cl. The van der Waals surface area contributed by atoms with Crippen molar-refractivity contribution in [2.24, 2.45) is 5.10 Å². The van der Waals surface area contributed by atoms with Gasteiger partial charge in [-0.15, -0.1) is 11.3 Å². The van der Waals surface area contributed by atoms with Gasteiger partial charge in [0, 0.05) is 15.6 Å². The quantitative estimate of drug-likeness (QED) is 0.176. The van der Waals surface area contributed by atoms with Crippen LogP contribution in [0.4, 0.5) is 0 Å². The molecular weight excluding hydrogens is 448 g/mol. The number of esters is 1. The van der Waals surface area contributed by atoms with Gasteiger partial charge in [-0.3, -0.25) is 4.79 Å². The summed E-state index contributed by atoms with van der Waals surface area (Å²) < 4.78 is 11.8. The fraction of sp³-hybridized carbons (Fsp3) is 0.0417. The van der Waals surface area contributed by atoms with Crippen molar-refractivity contribution in [3.8, 4) is 11.5 Å². The molecule has 0 atom stereocenters. The lowest BCUT2D eigenvalue weighted by atomic mass is 10.2. The van der Waals surface area contributed by atoms with Gasteiger partial charge >= 0.3 is 5.97 Å². The molecule has 0 saturated carbocycles. The predicted octanol–water partition coefficient (Wildman–Crippen LogP) is 5.55. The van der Waals surface area contributed by atoms with Crippen molar-refractivity contribution in [2.75, 3.05) is 7.11 Å². The van der Waals surface area contributed by atoms with Crippen LogP contribution in [0.2, 0.25) is 5.02 Å². The van der Waals surface area contributed by atoms with Crippen LogP contribution in [-0.2, 0) is 0 Å². The number of ether oxygens (including phenoxy) is 2. The van der Waals surface area contributed by atoms with Gasteiger partial charge in [0.05, 0.1) is 18.3 Å². The molecule has 8 heteroatoms. The molecule has 1 aromatic heterocycles. The molecule has 0 aliphatic heterocycles. The Kier molecular flexibility index (Phi) is 6.49. The Balaban J connectivity index is 1.47. The summed E-state index contributed by atoms with van der Waals surface area (Å²) >= 11 is 7.64. The van der Waals surface area contributed by atoms with E-state index in [1.165, 1.54) is 24.7 Å². The standard InChI is InChI=1S/C24H17ClN2O4S/c1-30-19-13-15(14-26-27-23(28)16-7-3-2-4-8-16)11-12-18(19)31-24(29)22-21(25)17-9-5-6-10-20(17)32-22/h2-14H,1H3,(H,27,28)/b26-14-. The number of carbonyl (C=O) groups excluding carboxylic acids is 2. The van der Waals surface area contributed by atoms with Gasteiger partial charge in [0.15, 0.2) is 11.5 Å². The van der Waals surface area contributed by atoms with E-state index in [9.17, 15) is 9.59 Å². The van der Waals surface area contributed by atoms with Crippen molar-refractivity contribution in [1.82, 2.24) is 5.43 Å². The van der Waals surface area contributed by atoms with Crippen molar-refractivity contribution in [3.63, 3.8) is 0 Å². The molecule has 0 unspecified atom stereocenters. The highest BCUT2D eigenvalue weighted by Gasteiger charge is 2.20. The fourth-order valence-electron chi connectivity index (χ4n) is 2.96. The van der Waals surface area contributed by atoms with Gasteiger partial charge < -0.3 is 9.47 Å². The number of amides is 1. The first kappa shape index (κ1) is 21.5. The number of thiophene rings is 1. The molecule has 3 aromatic carbocycles. The summed E-state index contributed by atoms with van der Waals surface area (Å²) in [5, 5.41) is 5.14. The zero-order chi connectivity index (χ0) is 22.5. The third-order valence-corrected chi connectivity index (χ3v) is 6.18. The maximum absolute atomic E-state index is 12.7. The van der Waals surface area contributed by atoms with Crippen LogP contribution in [-0.4, -0.2) is 25.2 Å². The number of fused-ring (bicyclic) bond motifs is 1. The molecular formula is C24H17ClN2O4S. The van der Waals surface area contributed by atoms with Crippen LogP contribution in [0.1, 0.15) is 25.6 Å². The number of benzene rings is 3. The minimum absolute atomic E-state index is 0.247. The molecule has 1 amide bonds. The van der Waals surface area contributed by atoms with E-state index in [1.807, 2.05) is 30.3 Å². The smallest absolute Gasteiger partial charge is 0.355 e. The third kappa shape index (κ3) is 4.64. The van der Waals surface area contributed by atoms with Gasteiger partial charge in [0.1, 0.15) is 4.88 Å². The zero-order valence-electron chi connectivity index (χ0n) is 16.9. The minimum atomic E-state index is -0.564. The number of carbonyl (C=O) groups is 2. The summed E-state index contributed by atoms with van der Waals surface area (Å²) in [4.78, 5) is 25.1.